The molecule has 2 heterocycles. The number of hydrazine groups is 1. The van der Waals surface area contributed by atoms with Crippen LogP contribution in [-0.4, -0.2) is 48.3 Å². The van der Waals surface area contributed by atoms with Gasteiger partial charge in [0.25, 0.3) is 5.91 Å². The van der Waals surface area contributed by atoms with Crippen molar-refractivity contribution in [2.75, 3.05) is 23.5 Å². The highest BCUT2D eigenvalue weighted by Gasteiger charge is 2.31. The third kappa shape index (κ3) is 3.02. The van der Waals surface area contributed by atoms with Crippen molar-refractivity contribution in [1.29, 1.82) is 0 Å². The number of carbonyl (C=O) groups excluding carboxylic acids is 1. The van der Waals surface area contributed by atoms with Crippen molar-refractivity contribution in [3.05, 3.63) is 23.9 Å². The van der Waals surface area contributed by atoms with E-state index < -0.39 is 9.84 Å². The van der Waals surface area contributed by atoms with E-state index in [0.717, 1.165) is 0 Å². The van der Waals surface area contributed by atoms with E-state index in [9.17, 15) is 13.2 Å². The Morgan fingerprint density at radius 2 is 2.32 bits per heavy atom. The second kappa shape index (κ2) is 5.14. The number of nitrogens with zero attached hydrogens (tertiary/aromatic N) is 2. The summed E-state index contributed by atoms with van der Waals surface area (Å²) >= 11 is 0. The monoisotopic (exact) mass is 284 g/mol. The summed E-state index contributed by atoms with van der Waals surface area (Å²) < 4.78 is 23.0. The number of rotatable bonds is 2. The lowest BCUT2D eigenvalue weighted by Gasteiger charge is -2.33. The van der Waals surface area contributed by atoms with Gasteiger partial charge in [0.15, 0.2) is 9.84 Å². The Labute approximate surface area is 111 Å². The van der Waals surface area contributed by atoms with Gasteiger partial charge in [-0.05, 0) is 19.1 Å². The van der Waals surface area contributed by atoms with E-state index in [-0.39, 0.29) is 30.0 Å². The molecule has 7 nitrogen and oxygen atoms in total. The second-order valence-corrected chi connectivity index (χ2v) is 6.76. The Morgan fingerprint density at radius 3 is 2.95 bits per heavy atom. The van der Waals surface area contributed by atoms with Gasteiger partial charge >= 0.3 is 0 Å². The van der Waals surface area contributed by atoms with Crippen molar-refractivity contribution in [3.8, 4) is 0 Å². The fourth-order valence-electron chi connectivity index (χ4n) is 2.11. The van der Waals surface area contributed by atoms with E-state index in [4.69, 9.17) is 5.84 Å². The quantitative estimate of drug-likeness (QED) is 0.567. The van der Waals surface area contributed by atoms with E-state index in [1.165, 1.54) is 12.3 Å². The lowest BCUT2D eigenvalue weighted by Crippen LogP contribution is -2.49. The molecular formula is C11H16N4O3S. The minimum Gasteiger partial charge on any atom is -0.334 e. The van der Waals surface area contributed by atoms with Crippen LogP contribution in [0.4, 0.5) is 5.82 Å². The van der Waals surface area contributed by atoms with Crippen LogP contribution in [0.2, 0.25) is 0 Å². The number of sulfone groups is 1. The van der Waals surface area contributed by atoms with E-state index in [1.807, 2.05) is 0 Å². The number of aromatic nitrogens is 1. The number of carbonyl (C=O) groups is 1. The van der Waals surface area contributed by atoms with Gasteiger partial charge in [0.1, 0.15) is 5.82 Å². The van der Waals surface area contributed by atoms with Crippen molar-refractivity contribution in [2.24, 2.45) is 5.84 Å². The molecule has 1 amide bonds. The molecule has 19 heavy (non-hydrogen) atoms. The molecule has 2 rings (SSSR count). The fourth-order valence-corrected chi connectivity index (χ4v) is 3.67. The van der Waals surface area contributed by atoms with Crippen LogP contribution in [0.5, 0.6) is 0 Å². The number of anilines is 1. The molecule has 1 saturated heterocycles. The van der Waals surface area contributed by atoms with E-state index in [2.05, 4.69) is 10.4 Å². The molecule has 104 valence electrons. The first-order chi connectivity index (χ1) is 8.93. The Kier molecular flexibility index (Phi) is 3.72. The van der Waals surface area contributed by atoms with Crippen LogP contribution in [0.1, 0.15) is 17.3 Å². The van der Waals surface area contributed by atoms with Gasteiger partial charge < -0.3 is 10.3 Å². The Balaban J connectivity index is 2.20. The zero-order valence-corrected chi connectivity index (χ0v) is 11.4. The second-order valence-electron chi connectivity index (χ2n) is 4.54. The van der Waals surface area contributed by atoms with Crippen LogP contribution in [0.25, 0.3) is 0 Å². The highest BCUT2D eigenvalue weighted by Crippen LogP contribution is 2.16. The summed E-state index contributed by atoms with van der Waals surface area (Å²) in [5, 5.41) is 0. The molecule has 0 radical (unpaired) electrons. The third-order valence-corrected chi connectivity index (χ3v) is 4.88. The maximum atomic E-state index is 12.3. The summed E-state index contributed by atoms with van der Waals surface area (Å²) in [6, 6.07) is 2.80. The third-order valence-electron chi connectivity index (χ3n) is 3.09. The molecule has 3 N–H and O–H groups in total. The first kappa shape index (κ1) is 13.8. The standard InChI is InChI=1S/C11H16N4O3S/c1-8-7-19(17,18)5-4-15(8)11(16)9-2-3-13-10(6-9)14-12/h2-3,6,8H,4-5,7,12H2,1H3,(H,13,14). The molecule has 1 aliphatic heterocycles. The van der Waals surface area contributed by atoms with Crippen LogP contribution in [0.15, 0.2) is 18.3 Å². The van der Waals surface area contributed by atoms with Gasteiger partial charge in [-0.1, -0.05) is 0 Å². The van der Waals surface area contributed by atoms with E-state index in [0.29, 0.717) is 11.4 Å². The number of hydrogen-bond donors (Lipinski definition) is 2. The molecule has 1 aromatic heterocycles. The molecule has 1 aromatic rings. The van der Waals surface area contributed by atoms with Crippen molar-refractivity contribution in [3.63, 3.8) is 0 Å². The van der Waals surface area contributed by atoms with Gasteiger partial charge in [0.05, 0.1) is 11.5 Å². The molecule has 0 aliphatic carbocycles. The van der Waals surface area contributed by atoms with Gasteiger partial charge in [-0.15, -0.1) is 0 Å². The normalized spacial score (nSPS) is 22.0. The summed E-state index contributed by atoms with van der Waals surface area (Å²) in [5.41, 5.74) is 2.81. The number of hydrogen-bond acceptors (Lipinski definition) is 6. The first-order valence-corrected chi connectivity index (χ1v) is 7.69. The van der Waals surface area contributed by atoms with Crippen molar-refractivity contribution in [2.45, 2.75) is 13.0 Å². The lowest BCUT2D eigenvalue weighted by atomic mass is 10.2. The molecule has 8 heteroatoms. The Morgan fingerprint density at radius 1 is 1.58 bits per heavy atom. The first-order valence-electron chi connectivity index (χ1n) is 5.87. The highest BCUT2D eigenvalue weighted by molar-refractivity contribution is 7.91. The summed E-state index contributed by atoms with van der Waals surface area (Å²) in [6.07, 6.45) is 1.48. The number of nitrogen functional groups attached to an aromatic ring is 1. The molecule has 0 bridgehead atoms. The Hall–Kier alpha value is -1.67. The van der Waals surface area contributed by atoms with Crippen LogP contribution < -0.4 is 11.3 Å². The molecule has 1 fully saturated rings. The van der Waals surface area contributed by atoms with Gasteiger partial charge in [-0.25, -0.2) is 19.2 Å². The number of amides is 1. The topological polar surface area (TPSA) is 105 Å². The zero-order chi connectivity index (χ0) is 14.0. The molecule has 1 atom stereocenters. The molecule has 0 saturated carbocycles. The predicted molar refractivity (Wildman–Crippen MR) is 71.2 cm³/mol. The maximum absolute atomic E-state index is 12.3. The van der Waals surface area contributed by atoms with E-state index in [1.54, 1.807) is 17.9 Å². The van der Waals surface area contributed by atoms with Crippen molar-refractivity contribution < 1.29 is 13.2 Å². The summed E-state index contributed by atoms with van der Waals surface area (Å²) in [6.45, 7) is 1.95. The largest absolute Gasteiger partial charge is 0.334 e. The molecule has 1 aliphatic rings. The van der Waals surface area contributed by atoms with Gasteiger partial charge in [0, 0.05) is 24.3 Å². The summed E-state index contributed by atoms with van der Waals surface area (Å²) in [5.74, 6) is 5.44. The predicted octanol–water partition coefficient (Wildman–Crippen LogP) is -0.374. The molecule has 1 unspecified atom stereocenters. The van der Waals surface area contributed by atoms with Gasteiger partial charge in [-0.2, -0.15) is 0 Å². The maximum Gasteiger partial charge on any atom is 0.254 e. The summed E-state index contributed by atoms with van der Waals surface area (Å²) in [4.78, 5) is 17.8. The fraction of sp³-hybridized carbons (Fsp3) is 0.455. The summed E-state index contributed by atoms with van der Waals surface area (Å²) in [7, 11) is -3.03. The van der Waals surface area contributed by atoms with Crippen molar-refractivity contribution >= 4 is 21.6 Å². The van der Waals surface area contributed by atoms with Crippen molar-refractivity contribution in [1.82, 2.24) is 9.88 Å². The van der Waals surface area contributed by atoms with Gasteiger partial charge in [-0.3, -0.25) is 4.79 Å². The van der Waals surface area contributed by atoms with Crippen LogP contribution in [0, 0.1) is 0 Å². The Bertz CT molecular complexity index is 587. The van der Waals surface area contributed by atoms with Crippen LogP contribution >= 0.6 is 0 Å². The highest BCUT2D eigenvalue weighted by atomic mass is 32.2. The number of nitrogens with two attached hydrogens (primary N) is 1. The average molecular weight is 284 g/mol. The smallest absolute Gasteiger partial charge is 0.254 e. The number of nitrogens with one attached hydrogen (secondary N) is 1. The molecular weight excluding hydrogens is 268 g/mol. The average Bonchev–Trinajstić information content (AvgIpc) is 2.37. The minimum absolute atomic E-state index is 0.00577. The SMILES string of the molecule is CC1CS(=O)(=O)CCN1C(=O)c1ccnc(NN)c1. The molecule has 0 aromatic carbocycles. The van der Waals surface area contributed by atoms with Crippen LogP contribution in [-0.2, 0) is 9.84 Å². The van der Waals surface area contributed by atoms with Gasteiger partial charge in [0.2, 0.25) is 0 Å². The van der Waals surface area contributed by atoms with E-state index >= 15 is 0 Å². The zero-order valence-electron chi connectivity index (χ0n) is 10.5. The van der Waals surface area contributed by atoms with Crippen LogP contribution in [0.3, 0.4) is 0 Å². The minimum atomic E-state index is -3.03. The lowest BCUT2D eigenvalue weighted by molar-refractivity contribution is 0.0712. The molecule has 0 spiro atoms. The number of pyridine rings is 1.